The van der Waals surface area contributed by atoms with Gasteiger partial charge in [0.25, 0.3) is 0 Å². The highest BCUT2D eigenvalue weighted by molar-refractivity contribution is 9.10. The molecule has 0 saturated heterocycles. The highest BCUT2D eigenvalue weighted by Gasteiger charge is 2.13. The van der Waals surface area contributed by atoms with Crippen LogP contribution < -0.4 is 4.74 Å². The topological polar surface area (TPSA) is 62.7 Å². The van der Waals surface area contributed by atoms with Crippen LogP contribution in [0.25, 0.3) is 10.6 Å². The summed E-state index contributed by atoms with van der Waals surface area (Å²) >= 11 is 4.96. The fourth-order valence-corrected chi connectivity index (χ4v) is 3.11. The number of carbonyl (C=O) groups is 1. The van der Waals surface area contributed by atoms with Crippen LogP contribution in [0.4, 0.5) is 0 Å². The summed E-state index contributed by atoms with van der Waals surface area (Å²) in [7, 11) is 3.38. The van der Waals surface area contributed by atoms with Crippen molar-refractivity contribution < 1.29 is 14.6 Å². The lowest BCUT2D eigenvalue weighted by molar-refractivity contribution is -0.138. The van der Waals surface area contributed by atoms with Gasteiger partial charge in [0.05, 0.1) is 24.9 Å². The average molecular weight is 371 g/mol. The predicted molar refractivity (Wildman–Crippen MR) is 85.8 cm³/mol. The van der Waals surface area contributed by atoms with Crippen molar-refractivity contribution in [3.8, 4) is 16.3 Å². The van der Waals surface area contributed by atoms with Crippen LogP contribution in [0.5, 0.6) is 5.75 Å². The molecule has 0 spiro atoms. The lowest BCUT2D eigenvalue weighted by Gasteiger charge is -2.11. The van der Waals surface area contributed by atoms with Crippen molar-refractivity contribution in [2.45, 2.75) is 6.54 Å². The number of thiazole rings is 1. The van der Waals surface area contributed by atoms with Gasteiger partial charge in [0.15, 0.2) is 0 Å². The van der Waals surface area contributed by atoms with E-state index in [0.717, 1.165) is 26.5 Å². The molecule has 21 heavy (non-hydrogen) atoms. The van der Waals surface area contributed by atoms with E-state index < -0.39 is 5.97 Å². The van der Waals surface area contributed by atoms with Crippen molar-refractivity contribution >= 4 is 33.2 Å². The second-order valence-corrected chi connectivity index (χ2v) is 6.33. The number of halogens is 1. The van der Waals surface area contributed by atoms with Gasteiger partial charge in [0.1, 0.15) is 10.8 Å². The third-order valence-electron chi connectivity index (χ3n) is 2.78. The first-order chi connectivity index (χ1) is 9.99. The van der Waals surface area contributed by atoms with E-state index in [2.05, 4.69) is 20.9 Å². The highest BCUT2D eigenvalue weighted by Crippen LogP contribution is 2.34. The Kier molecular flexibility index (Phi) is 5.33. The molecule has 0 unspecified atom stereocenters. The molecular weight excluding hydrogens is 356 g/mol. The molecule has 1 N–H and O–H groups in total. The minimum Gasteiger partial charge on any atom is -0.496 e. The van der Waals surface area contributed by atoms with Crippen LogP contribution in [-0.4, -0.2) is 41.7 Å². The van der Waals surface area contributed by atoms with Crippen LogP contribution in [0.2, 0.25) is 0 Å². The van der Waals surface area contributed by atoms with E-state index in [1.54, 1.807) is 19.1 Å². The largest absolute Gasteiger partial charge is 0.496 e. The summed E-state index contributed by atoms with van der Waals surface area (Å²) in [5.74, 6) is -0.0837. The van der Waals surface area contributed by atoms with Gasteiger partial charge in [0, 0.05) is 16.4 Å². The molecule has 0 aliphatic heterocycles. The van der Waals surface area contributed by atoms with Crippen molar-refractivity contribution in [3.63, 3.8) is 0 Å². The number of methoxy groups -OCH3 is 1. The number of aliphatic carboxylic acids is 1. The first kappa shape index (κ1) is 15.9. The summed E-state index contributed by atoms with van der Waals surface area (Å²) in [5, 5.41) is 11.6. The van der Waals surface area contributed by atoms with E-state index in [1.807, 2.05) is 23.6 Å². The molecule has 1 aromatic heterocycles. The van der Waals surface area contributed by atoms with E-state index in [1.165, 1.54) is 11.3 Å². The third kappa shape index (κ3) is 4.26. The molecule has 0 amide bonds. The summed E-state index contributed by atoms with van der Waals surface area (Å²) in [6.07, 6.45) is 0. The van der Waals surface area contributed by atoms with Crippen LogP contribution in [0.3, 0.4) is 0 Å². The van der Waals surface area contributed by atoms with Gasteiger partial charge in [0.2, 0.25) is 0 Å². The number of carboxylic acid groups (broad SMARTS) is 1. The maximum Gasteiger partial charge on any atom is 0.317 e. The molecular formula is C14H15BrN2O3S. The molecule has 2 rings (SSSR count). The molecule has 0 radical (unpaired) electrons. The monoisotopic (exact) mass is 370 g/mol. The summed E-state index contributed by atoms with van der Waals surface area (Å²) in [6.45, 7) is 0.492. The summed E-state index contributed by atoms with van der Waals surface area (Å²) in [5.41, 5.74) is 1.77. The van der Waals surface area contributed by atoms with Crippen molar-refractivity contribution in [1.82, 2.24) is 9.88 Å². The Morgan fingerprint density at radius 3 is 2.95 bits per heavy atom. The minimum atomic E-state index is -0.846. The maximum atomic E-state index is 10.7. The smallest absolute Gasteiger partial charge is 0.317 e. The minimum absolute atomic E-state index is 0.00688. The standard InChI is InChI=1S/C14H15BrN2O3S/c1-17(7-13(18)19)6-10-8-21-14(16-10)11-5-9(15)3-4-12(11)20-2/h3-5,8H,6-7H2,1-2H3,(H,18,19). The lowest BCUT2D eigenvalue weighted by atomic mass is 10.2. The Morgan fingerprint density at radius 1 is 1.52 bits per heavy atom. The number of hydrogen-bond donors (Lipinski definition) is 1. The lowest BCUT2D eigenvalue weighted by Crippen LogP contribution is -2.25. The number of aromatic nitrogens is 1. The second kappa shape index (κ2) is 7.02. The first-order valence-electron chi connectivity index (χ1n) is 6.18. The molecule has 0 saturated carbocycles. The Bertz CT molecular complexity index is 645. The van der Waals surface area contributed by atoms with Crippen LogP contribution in [0.15, 0.2) is 28.1 Å². The van der Waals surface area contributed by atoms with Crippen LogP contribution in [0.1, 0.15) is 5.69 Å². The number of rotatable bonds is 6. The molecule has 1 aromatic carbocycles. The van der Waals surface area contributed by atoms with Gasteiger partial charge in [-0.15, -0.1) is 11.3 Å². The first-order valence-corrected chi connectivity index (χ1v) is 7.85. The molecule has 0 fully saturated rings. The van der Waals surface area contributed by atoms with Crippen LogP contribution in [-0.2, 0) is 11.3 Å². The predicted octanol–water partition coefficient (Wildman–Crippen LogP) is 3.10. The zero-order chi connectivity index (χ0) is 15.4. The fourth-order valence-electron chi connectivity index (χ4n) is 1.91. The number of hydrogen-bond acceptors (Lipinski definition) is 5. The normalized spacial score (nSPS) is 10.9. The van der Waals surface area contributed by atoms with E-state index in [-0.39, 0.29) is 6.54 Å². The van der Waals surface area contributed by atoms with Gasteiger partial charge in [-0.1, -0.05) is 15.9 Å². The molecule has 0 atom stereocenters. The van der Waals surface area contributed by atoms with Gasteiger partial charge in [-0.25, -0.2) is 4.98 Å². The highest BCUT2D eigenvalue weighted by atomic mass is 79.9. The summed E-state index contributed by atoms with van der Waals surface area (Å²) in [6, 6.07) is 5.76. The van der Waals surface area contributed by atoms with E-state index in [0.29, 0.717) is 6.54 Å². The number of benzene rings is 1. The zero-order valence-electron chi connectivity index (χ0n) is 11.7. The molecule has 0 aliphatic rings. The third-order valence-corrected chi connectivity index (χ3v) is 4.20. The Hall–Kier alpha value is -1.44. The second-order valence-electron chi connectivity index (χ2n) is 4.55. The Balaban J connectivity index is 2.20. The van der Waals surface area contributed by atoms with Crippen molar-refractivity contribution in [3.05, 3.63) is 33.7 Å². The molecule has 1 heterocycles. The maximum absolute atomic E-state index is 10.7. The summed E-state index contributed by atoms with van der Waals surface area (Å²) in [4.78, 5) is 16.9. The zero-order valence-corrected chi connectivity index (χ0v) is 14.1. The van der Waals surface area contributed by atoms with Gasteiger partial charge < -0.3 is 9.84 Å². The summed E-state index contributed by atoms with van der Waals surface area (Å²) < 4.78 is 6.31. The fraction of sp³-hybridized carbons (Fsp3) is 0.286. The molecule has 0 bridgehead atoms. The molecule has 7 heteroatoms. The van der Waals surface area contributed by atoms with Crippen molar-refractivity contribution in [2.24, 2.45) is 0 Å². The number of nitrogens with zero attached hydrogens (tertiary/aromatic N) is 2. The van der Waals surface area contributed by atoms with Gasteiger partial charge in [-0.2, -0.15) is 0 Å². The van der Waals surface area contributed by atoms with Crippen molar-refractivity contribution in [1.29, 1.82) is 0 Å². The van der Waals surface area contributed by atoms with E-state index in [9.17, 15) is 4.79 Å². The number of ether oxygens (including phenoxy) is 1. The number of carboxylic acids is 1. The average Bonchev–Trinajstić information content (AvgIpc) is 2.85. The number of likely N-dealkylation sites (N-methyl/N-ethyl adjacent to an activating group) is 1. The molecule has 0 aliphatic carbocycles. The van der Waals surface area contributed by atoms with E-state index in [4.69, 9.17) is 9.84 Å². The SMILES string of the molecule is COc1ccc(Br)cc1-c1nc(CN(C)CC(=O)O)cs1. The Morgan fingerprint density at radius 2 is 2.29 bits per heavy atom. The quantitative estimate of drug-likeness (QED) is 0.846. The molecule has 112 valence electrons. The van der Waals surface area contributed by atoms with E-state index >= 15 is 0 Å². The molecule has 5 nitrogen and oxygen atoms in total. The van der Waals surface area contributed by atoms with Gasteiger partial charge >= 0.3 is 5.97 Å². The van der Waals surface area contributed by atoms with Crippen LogP contribution in [0, 0.1) is 0 Å². The van der Waals surface area contributed by atoms with Crippen LogP contribution >= 0.6 is 27.3 Å². The van der Waals surface area contributed by atoms with Gasteiger partial charge in [-0.05, 0) is 25.2 Å². The van der Waals surface area contributed by atoms with Gasteiger partial charge in [-0.3, -0.25) is 9.69 Å². The molecule has 2 aromatic rings. The Labute approximate surface area is 135 Å². The van der Waals surface area contributed by atoms with Crippen molar-refractivity contribution in [2.75, 3.05) is 20.7 Å².